The third-order valence-corrected chi connectivity index (χ3v) is 5.32. The van der Waals surface area contributed by atoms with Gasteiger partial charge in [-0.3, -0.25) is 9.67 Å². The van der Waals surface area contributed by atoms with Gasteiger partial charge in [-0.15, -0.1) is 24.0 Å². The molecule has 28 heavy (non-hydrogen) atoms. The number of halogens is 1. The molecule has 1 unspecified atom stereocenters. The molecular weight excluding hydrogens is 463 g/mol. The fourth-order valence-electron chi connectivity index (χ4n) is 3.46. The number of aryl methyl sites for hydroxylation is 1. The molecule has 1 aromatic heterocycles. The standard InChI is InChI=1S/C21H32N6.HI/c1-5-22-20(23-14-19(26(2)3)17-13-25-27(4)15-17)24-16-21(11-12-21)18-9-7-6-8-10-18;/h6-10,13,15,19H,5,11-12,14,16H2,1-4H3,(H2,22,23,24);1H. The van der Waals surface area contributed by atoms with Gasteiger partial charge in [-0.25, -0.2) is 0 Å². The molecule has 2 aromatic rings. The van der Waals surface area contributed by atoms with Crippen molar-refractivity contribution in [2.45, 2.75) is 31.2 Å². The molecule has 0 amide bonds. The van der Waals surface area contributed by atoms with Crippen molar-refractivity contribution in [1.82, 2.24) is 25.3 Å². The molecule has 7 heteroatoms. The number of rotatable bonds is 8. The van der Waals surface area contributed by atoms with E-state index in [1.807, 2.05) is 17.9 Å². The minimum atomic E-state index is 0. The van der Waals surface area contributed by atoms with Crippen LogP contribution in [0.4, 0.5) is 0 Å². The number of hydrogen-bond acceptors (Lipinski definition) is 3. The summed E-state index contributed by atoms with van der Waals surface area (Å²) in [4.78, 5) is 7.12. The first-order chi connectivity index (χ1) is 13.0. The molecule has 3 rings (SSSR count). The highest BCUT2D eigenvalue weighted by Gasteiger charge is 2.44. The van der Waals surface area contributed by atoms with Crippen LogP contribution in [0.15, 0.2) is 47.7 Å². The van der Waals surface area contributed by atoms with Crippen LogP contribution in [0.5, 0.6) is 0 Å². The van der Waals surface area contributed by atoms with E-state index in [0.717, 1.165) is 25.6 Å². The molecule has 0 bridgehead atoms. The molecule has 1 atom stereocenters. The normalized spacial score (nSPS) is 16.4. The van der Waals surface area contributed by atoms with Crippen molar-refractivity contribution in [2.24, 2.45) is 12.0 Å². The molecular formula is C21H33IN6. The van der Waals surface area contributed by atoms with Crippen molar-refractivity contribution in [3.8, 4) is 0 Å². The molecule has 2 N–H and O–H groups in total. The largest absolute Gasteiger partial charge is 0.357 e. The summed E-state index contributed by atoms with van der Waals surface area (Å²) in [6.07, 6.45) is 6.45. The van der Waals surface area contributed by atoms with Gasteiger partial charge in [0.1, 0.15) is 0 Å². The van der Waals surface area contributed by atoms with E-state index in [1.54, 1.807) is 0 Å². The lowest BCUT2D eigenvalue weighted by Crippen LogP contribution is -2.42. The Hall–Kier alpha value is -1.61. The molecule has 0 radical (unpaired) electrons. The maximum atomic E-state index is 4.91. The number of benzene rings is 1. The summed E-state index contributed by atoms with van der Waals surface area (Å²) < 4.78 is 1.85. The predicted octanol–water partition coefficient (Wildman–Crippen LogP) is 2.93. The van der Waals surface area contributed by atoms with E-state index < -0.39 is 0 Å². The molecule has 1 aliphatic carbocycles. The minimum absolute atomic E-state index is 0. The zero-order chi connectivity index (χ0) is 19.3. The SMILES string of the molecule is CCNC(=NCC1(c2ccccc2)CC1)NCC(c1cnn(C)c1)N(C)C.I. The van der Waals surface area contributed by atoms with Gasteiger partial charge in [0.25, 0.3) is 0 Å². The average molecular weight is 496 g/mol. The van der Waals surface area contributed by atoms with Gasteiger partial charge in [0.05, 0.1) is 18.8 Å². The number of hydrogen-bond donors (Lipinski definition) is 2. The Balaban J connectivity index is 0.00000280. The van der Waals surface area contributed by atoms with E-state index in [2.05, 4.69) is 78.2 Å². The van der Waals surface area contributed by atoms with Crippen LogP contribution in [0.25, 0.3) is 0 Å². The summed E-state index contributed by atoms with van der Waals surface area (Å²) in [5.41, 5.74) is 2.84. The Kier molecular flexibility index (Phi) is 8.30. The monoisotopic (exact) mass is 496 g/mol. The molecule has 0 saturated heterocycles. The van der Waals surface area contributed by atoms with Crippen molar-refractivity contribution in [1.29, 1.82) is 0 Å². The van der Waals surface area contributed by atoms with Crippen molar-refractivity contribution >= 4 is 29.9 Å². The van der Waals surface area contributed by atoms with Crippen molar-refractivity contribution in [3.05, 3.63) is 53.9 Å². The van der Waals surface area contributed by atoms with Crippen LogP contribution < -0.4 is 10.6 Å². The molecule has 1 heterocycles. The van der Waals surface area contributed by atoms with Crippen molar-refractivity contribution < 1.29 is 0 Å². The first-order valence-electron chi connectivity index (χ1n) is 9.77. The summed E-state index contributed by atoms with van der Waals surface area (Å²) in [5.74, 6) is 0.885. The van der Waals surface area contributed by atoms with Crippen molar-refractivity contribution in [2.75, 3.05) is 33.7 Å². The second-order valence-electron chi connectivity index (χ2n) is 7.65. The predicted molar refractivity (Wildman–Crippen MR) is 126 cm³/mol. The molecule has 1 aliphatic rings. The summed E-state index contributed by atoms with van der Waals surface area (Å²) in [6.45, 7) is 4.56. The molecule has 154 valence electrons. The molecule has 1 aromatic carbocycles. The second-order valence-corrected chi connectivity index (χ2v) is 7.65. The van der Waals surface area contributed by atoms with Gasteiger partial charge in [0, 0.05) is 37.3 Å². The second kappa shape index (κ2) is 10.2. The van der Waals surface area contributed by atoms with E-state index in [-0.39, 0.29) is 35.4 Å². The van der Waals surface area contributed by atoms with E-state index >= 15 is 0 Å². The van der Waals surface area contributed by atoms with Crippen LogP contribution in [0, 0.1) is 0 Å². The lowest BCUT2D eigenvalue weighted by atomic mass is 9.96. The van der Waals surface area contributed by atoms with E-state index in [9.17, 15) is 0 Å². The summed E-state index contributed by atoms with van der Waals surface area (Å²) >= 11 is 0. The Morgan fingerprint density at radius 1 is 1.25 bits per heavy atom. The molecule has 0 spiro atoms. The van der Waals surface area contributed by atoms with E-state index in [4.69, 9.17) is 4.99 Å². The third-order valence-electron chi connectivity index (χ3n) is 5.32. The van der Waals surface area contributed by atoms with Crippen LogP contribution in [-0.2, 0) is 12.5 Å². The Labute approximate surface area is 185 Å². The first-order valence-corrected chi connectivity index (χ1v) is 9.77. The van der Waals surface area contributed by atoms with Crippen LogP contribution in [0.1, 0.15) is 36.9 Å². The molecule has 0 aliphatic heterocycles. The zero-order valence-electron chi connectivity index (χ0n) is 17.4. The maximum Gasteiger partial charge on any atom is 0.191 e. The van der Waals surface area contributed by atoms with Crippen LogP contribution in [0.2, 0.25) is 0 Å². The minimum Gasteiger partial charge on any atom is -0.357 e. The fraction of sp³-hybridized carbons (Fsp3) is 0.524. The van der Waals surface area contributed by atoms with Gasteiger partial charge >= 0.3 is 0 Å². The van der Waals surface area contributed by atoms with Gasteiger partial charge in [0.2, 0.25) is 0 Å². The number of aliphatic imine (C=N–C) groups is 1. The zero-order valence-corrected chi connectivity index (χ0v) is 19.7. The van der Waals surface area contributed by atoms with Crippen LogP contribution in [0.3, 0.4) is 0 Å². The van der Waals surface area contributed by atoms with Gasteiger partial charge in [-0.05, 0) is 39.4 Å². The Morgan fingerprint density at radius 2 is 1.96 bits per heavy atom. The molecule has 6 nitrogen and oxygen atoms in total. The molecule has 1 saturated carbocycles. The van der Waals surface area contributed by atoms with E-state index in [1.165, 1.54) is 24.0 Å². The lowest BCUT2D eigenvalue weighted by Gasteiger charge is -2.25. The summed E-state index contributed by atoms with van der Waals surface area (Å²) in [7, 11) is 6.14. The first kappa shape index (κ1) is 22.7. The average Bonchev–Trinajstić information content (AvgIpc) is 3.34. The smallest absolute Gasteiger partial charge is 0.191 e. The fourth-order valence-corrected chi connectivity index (χ4v) is 3.46. The Morgan fingerprint density at radius 3 is 2.50 bits per heavy atom. The van der Waals surface area contributed by atoms with Gasteiger partial charge in [-0.1, -0.05) is 30.3 Å². The van der Waals surface area contributed by atoms with Gasteiger partial charge < -0.3 is 15.5 Å². The van der Waals surface area contributed by atoms with Crippen molar-refractivity contribution in [3.63, 3.8) is 0 Å². The number of aromatic nitrogens is 2. The lowest BCUT2D eigenvalue weighted by molar-refractivity contribution is 0.298. The highest BCUT2D eigenvalue weighted by Crippen LogP contribution is 2.48. The maximum absolute atomic E-state index is 4.91. The molecule has 1 fully saturated rings. The van der Waals surface area contributed by atoms with Crippen LogP contribution >= 0.6 is 24.0 Å². The third kappa shape index (κ3) is 5.70. The highest BCUT2D eigenvalue weighted by atomic mass is 127. The summed E-state index contributed by atoms with van der Waals surface area (Å²) in [6, 6.07) is 11.0. The summed E-state index contributed by atoms with van der Waals surface area (Å²) in [5, 5.41) is 11.2. The quantitative estimate of drug-likeness (QED) is 0.335. The van der Waals surface area contributed by atoms with Gasteiger partial charge in [-0.2, -0.15) is 5.10 Å². The number of likely N-dealkylation sites (N-methyl/N-ethyl adjacent to an activating group) is 1. The number of nitrogens with zero attached hydrogens (tertiary/aromatic N) is 4. The Bertz CT molecular complexity index is 751. The van der Waals surface area contributed by atoms with Crippen LogP contribution in [-0.4, -0.2) is 54.4 Å². The number of guanidine groups is 1. The van der Waals surface area contributed by atoms with E-state index in [0.29, 0.717) is 0 Å². The highest BCUT2D eigenvalue weighted by molar-refractivity contribution is 14.0. The van der Waals surface area contributed by atoms with Gasteiger partial charge in [0.15, 0.2) is 5.96 Å². The number of nitrogens with one attached hydrogen (secondary N) is 2. The topological polar surface area (TPSA) is 57.5 Å².